The Morgan fingerprint density at radius 3 is 2.64 bits per heavy atom. The lowest BCUT2D eigenvalue weighted by molar-refractivity contribution is -0.274. The summed E-state index contributed by atoms with van der Waals surface area (Å²) in [6, 6.07) is 20.5. The molecule has 0 aliphatic heterocycles. The number of halogens is 3. The van der Waals surface area contributed by atoms with Crippen LogP contribution in [-0.2, 0) is 11.3 Å². The van der Waals surface area contributed by atoms with E-state index in [0.29, 0.717) is 17.0 Å². The van der Waals surface area contributed by atoms with Gasteiger partial charge in [0.1, 0.15) is 11.6 Å². The molecule has 9 heteroatoms. The minimum atomic E-state index is -4.77. The van der Waals surface area contributed by atoms with Gasteiger partial charge < -0.3 is 9.30 Å². The van der Waals surface area contributed by atoms with E-state index in [1.165, 1.54) is 29.8 Å². The molecular formula is C24H18F3N3O3. The Kier molecular flexibility index (Phi) is 6.14. The van der Waals surface area contributed by atoms with Crippen LogP contribution in [0.15, 0.2) is 78.9 Å². The molecular weight excluding hydrogens is 435 g/mol. The first-order chi connectivity index (χ1) is 15.8. The Hall–Kier alpha value is -4.11. The lowest BCUT2D eigenvalue weighted by Crippen LogP contribution is -2.17. The van der Waals surface area contributed by atoms with Crippen molar-refractivity contribution >= 4 is 23.0 Å². The average molecular weight is 453 g/mol. The highest BCUT2D eigenvalue weighted by molar-refractivity contribution is 5.91. The van der Waals surface area contributed by atoms with Gasteiger partial charge in [-0.3, -0.25) is 10.0 Å². The van der Waals surface area contributed by atoms with E-state index in [9.17, 15) is 18.0 Å². The Morgan fingerprint density at radius 2 is 1.85 bits per heavy atom. The average Bonchev–Trinajstić information content (AvgIpc) is 3.15. The van der Waals surface area contributed by atoms with Gasteiger partial charge in [0, 0.05) is 18.2 Å². The number of nitrogens with zero attached hydrogens (tertiary/aromatic N) is 2. The van der Waals surface area contributed by atoms with Crippen LogP contribution in [0.1, 0.15) is 11.1 Å². The van der Waals surface area contributed by atoms with Gasteiger partial charge >= 0.3 is 6.36 Å². The predicted molar refractivity (Wildman–Crippen MR) is 116 cm³/mol. The first kappa shape index (κ1) is 22.1. The van der Waals surface area contributed by atoms with Gasteiger partial charge in [-0.05, 0) is 47.5 Å². The highest BCUT2D eigenvalue weighted by Gasteiger charge is 2.31. The molecule has 1 heterocycles. The van der Waals surface area contributed by atoms with Gasteiger partial charge in [0.25, 0.3) is 5.91 Å². The molecule has 168 valence electrons. The van der Waals surface area contributed by atoms with Gasteiger partial charge in [-0.25, -0.2) is 10.5 Å². The molecule has 0 spiro atoms. The zero-order chi connectivity index (χ0) is 23.4. The van der Waals surface area contributed by atoms with Crippen LogP contribution >= 0.6 is 0 Å². The van der Waals surface area contributed by atoms with E-state index in [4.69, 9.17) is 10.2 Å². The highest BCUT2D eigenvalue weighted by atomic mass is 19.4. The number of carbonyl (C=O) groups excluding carboxylic acids is 1. The zero-order valence-electron chi connectivity index (χ0n) is 17.1. The number of para-hydroxylation sites is 2. The monoisotopic (exact) mass is 453 g/mol. The van der Waals surface area contributed by atoms with Crippen LogP contribution in [0, 0.1) is 0 Å². The smallest absolute Gasteiger partial charge is 0.406 e. The van der Waals surface area contributed by atoms with Gasteiger partial charge in [0.05, 0.1) is 11.0 Å². The van der Waals surface area contributed by atoms with Crippen LogP contribution in [0.3, 0.4) is 0 Å². The number of carbonyl (C=O) groups is 1. The normalized spacial score (nSPS) is 11.8. The summed E-state index contributed by atoms with van der Waals surface area (Å²) in [7, 11) is 0. The SMILES string of the molecule is O=C(/C=C/c1cccc(-c2nc3ccccc3n2Cc2cccc(OC(F)(F)F)c2)c1)NO. The number of amides is 1. The van der Waals surface area contributed by atoms with Crippen molar-refractivity contribution in [2.24, 2.45) is 0 Å². The van der Waals surface area contributed by atoms with Gasteiger partial charge in [0.15, 0.2) is 0 Å². The first-order valence-electron chi connectivity index (χ1n) is 9.85. The van der Waals surface area contributed by atoms with Crippen molar-refractivity contribution < 1.29 is 27.9 Å². The summed E-state index contributed by atoms with van der Waals surface area (Å²) in [5.74, 6) is -0.339. The second kappa shape index (κ2) is 9.17. The Bertz CT molecular complexity index is 1330. The summed E-state index contributed by atoms with van der Waals surface area (Å²) in [6.45, 7) is 0.262. The van der Waals surface area contributed by atoms with Crippen molar-refractivity contribution in [3.8, 4) is 17.1 Å². The van der Waals surface area contributed by atoms with Crippen molar-refractivity contribution in [3.63, 3.8) is 0 Å². The molecule has 1 aromatic heterocycles. The molecule has 1 amide bonds. The molecule has 0 fully saturated rings. The van der Waals surface area contributed by atoms with Crippen LogP contribution < -0.4 is 10.2 Å². The van der Waals surface area contributed by atoms with Crippen molar-refractivity contribution in [3.05, 3.63) is 90.0 Å². The molecule has 0 aliphatic rings. The standard InChI is InChI=1S/C24H18F3N3O3/c25-24(26,27)33-19-8-4-6-17(14-19)15-30-21-10-2-1-9-20(21)28-23(30)18-7-3-5-16(13-18)11-12-22(31)29-32/h1-14,32H,15H2,(H,29,31)/b12-11+. The van der Waals surface area contributed by atoms with Crippen molar-refractivity contribution in [1.82, 2.24) is 15.0 Å². The predicted octanol–water partition coefficient (Wildman–Crippen LogP) is 5.17. The summed E-state index contributed by atoms with van der Waals surface area (Å²) >= 11 is 0. The van der Waals surface area contributed by atoms with Crippen molar-refractivity contribution in [2.45, 2.75) is 12.9 Å². The van der Waals surface area contributed by atoms with E-state index in [1.807, 2.05) is 41.0 Å². The van der Waals surface area contributed by atoms with Gasteiger partial charge in [0.2, 0.25) is 0 Å². The van der Waals surface area contributed by atoms with E-state index < -0.39 is 12.3 Å². The van der Waals surface area contributed by atoms with E-state index in [1.54, 1.807) is 24.3 Å². The van der Waals surface area contributed by atoms with E-state index >= 15 is 0 Å². The topological polar surface area (TPSA) is 76.4 Å². The number of nitrogens with one attached hydrogen (secondary N) is 1. The summed E-state index contributed by atoms with van der Waals surface area (Å²) in [6.07, 6.45) is -2.04. The number of ether oxygens (including phenoxy) is 1. The molecule has 2 N–H and O–H groups in total. The Morgan fingerprint density at radius 1 is 1.06 bits per heavy atom. The minimum Gasteiger partial charge on any atom is -0.406 e. The second-order valence-corrected chi connectivity index (χ2v) is 7.14. The number of hydrogen-bond acceptors (Lipinski definition) is 4. The van der Waals surface area contributed by atoms with Gasteiger partial charge in [-0.1, -0.05) is 42.5 Å². The Labute approximate surface area is 186 Å². The van der Waals surface area contributed by atoms with Crippen molar-refractivity contribution in [1.29, 1.82) is 0 Å². The molecule has 0 radical (unpaired) electrons. The summed E-state index contributed by atoms with van der Waals surface area (Å²) in [5.41, 5.74) is 5.14. The molecule has 0 unspecified atom stereocenters. The number of fused-ring (bicyclic) bond motifs is 1. The third-order valence-electron chi connectivity index (χ3n) is 4.81. The largest absolute Gasteiger partial charge is 0.573 e. The van der Waals surface area contributed by atoms with E-state index in [-0.39, 0.29) is 12.3 Å². The maximum absolute atomic E-state index is 12.6. The number of alkyl halides is 3. The number of hydrogen-bond donors (Lipinski definition) is 2. The molecule has 0 aliphatic carbocycles. The van der Waals surface area contributed by atoms with Crippen LogP contribution in [0.5, 0.6) is 5.75 Å². The summed E-state index contributed by atoms with van der Waals surface area (Å²) in [5, 5.41) is 8.65. The van der Waals surface area contributed by atoms with Crippen LogP contribution in [0.4, 0.5) is 13.2 Å². The fourth-order valence-electron chi connectivity index (χ4n) is 3.47. The first-order valence-corrected chi connectivity index (χ1v) is 9.85. The molecule has 0 atom stereocenters. The third-order valence-corrected chi connectivity index (χ3v) is 4.81. The molecule has 6 nitrogen and oxygen atoms in total. The molecule has 33 heavy (non-hydrogen) atoms. The van der Waals surface area contributed by atoms with E-state index in [0.717, 1.165) is 16.6 Å². The summed E-state index contributed by atoms with van der Waals surface area (Å²) in [4.78, 5) is 16.0. The fraction of sp³-hybridized carbons (Fsp3) is 0.0833. The molecule has 4 aromatic rings. The number of aromatic nitrogens is 2. The number of imidazole rings is 1. The molecule has 0 saturated heterocycles. The van der Waals surface area contributed by atoms with E-state index in [2.05, 4.69) is 4.74 Å². The van der Waals surface area contributed by atoms with Crippen LogP contribution in [-0.4, -0.2) is 27.0 Å². The Balaban J connectivity index is 1.74. The minimum absolute atomic E-state index is 0.262. The summed E-state index contributed by atoms with van der Waals surface area (Å²) < 4.78 is 43.9. The van der Waals surface area contributed by atoms with Crippen molar-refractivity contribution in [2.75, 3.05) is 0 Å². The molecule has 3 aromatic carbocycles. The maximum Gasteiger partial charge on any atom is 0.573 e. The quantitative estimate of drug-likeness (QED) is 0.240. The zero-order valence-corrected chi connectivity index (χ0v) is 17.1. The maximum atomic E-state index is 12.6. The number of rotatable bonds is 6. The third kappa shape index (κ3) is 5.39. The molecule has 0 saturated carbocycles. The fourth-order valence-corrected chi connectivity index (χ4v) is 3.47. The highest BCUT2D eigenvalue weighted by Crippen LogP contribution is 2.28. The van der Waals surface area contributed by atoms with Gasteiger partial charge in [-0.15, -0.1) is 13.2 Å². The number of benzene rings is 3. The lowest BCUT2D eigenvalue weighted by Gasteiger charge is -2.13. The van der Waals surface area contributed by atoms with Gasteiger partial charge in [-0.2, -0.15) is 0 Å². The second-order valence-electron chi connectivity index (χ2n) is 7.14. The molecule has 0 bridgehead atoms. The number of hydroxylamine groups is 1. The molecule has 4 rings (SSSR count). The van der Waals surface area contributed by atoms with Crippen LogP contribution in [0.25, 0.3) is 28.5 Å². The van der Waals surface area contributed by atoms with Crippen LogP contribution in [0.2, 0.25) is 0 Å². The lowest BCUT2D eigenvalue weighted by atomic mass is 10.1.